The minimum absolute atomic E-state index is 0.107. The lowest BCUT2D eigenvalue weighted by atomic mass is 10.1. The van der Waals surface area contributed by atoms with E-state index in [1.165, 1.54) is 0 Å². The van der Waals surface area contributed by atoms with Gasteiger partial charge in [-0.3, -0.25) is 14.5 Å². The van der Waals surface area contributed by atoms with Gasteiger partial charge in [-0.1, -0.05) is 35.3 Å². The minimum Gasteiger partial charge on any atom is -0.389 e. The lowest BCUT2D eigenvalue weighted by Crippen LogP contribution is -2.37. The van der Waals surface area contributed by atoms with Crippen LogP contribution in [0.3, 0.4) is 0 Å². The van der Waals surface area contributed by atoms with E-state index in [1.54, 1.807) is 18.2 Å². The Bertz CT molecular complexity index is 1470. The molecule has 36 heavy (non-hydrogen) atoms. The van der Waals surface area contributed by atoms with Crippen molar-refractivity contribution in [1.82, 2.24) is 9.47 Å². The zero-order chi connectivity index (χ0) is 25.6. The Morgan fingerprint density at radius 2 is 1.50 bits per heavy atom. The molecule has 184 valence electrons. The van der Waals surface area contributed by atoms with Crippen LogP contribution in [0.4, 0.5) is 10.5 Å². The molecule has 1 saturated heterocycles. The predicted molar refractivity (Wildman–Crippen MR) is 149 cm³/mol. The first-order valence-electron chi connectivity index (χ1n) is 11.3. The largest absolute Gasteiger partial charge is 0.389 e. The summed E-state index contributed by atoms with van der Waals surface area (Å²) in [5, 5.41) is 13.6. The van der Waals surface area contributed by atoms with Gasteiger partial charge in [0.15, 0.2) is 0 Å². The summed E-state index contributed by atoms with van der Waals surface area (Å²) in [5.41, 5.74) is 3.63. The van der Waals surface area contributed by atoms with Crippen molar-refractivity contribution in [2.24, 2.45) is 0 Å². The van der Waals surface area contributed by atoms with Crippen LogP contribution in [0.25, 0.3) is 27.9 Å². The number of hydrogen-bond donors (Lipinski definition) is 1. The van der Waals surface area contributed by atoms with E-state index in [0.717, 1.165) is 49.7 Å². The third kappa shape index (κ3) is 4.72. The second-order valence-electron chi connectivity index (χ2n) is 8.87. The summed E-state index contributed by atoms with van der Waals surface area (Å²) >= 11 is 13.3. The summed E-state index contributed by atoms with van der Waals surface area (Å²) in [6.45, 7) is 0.0833. The fraction of sp³-hybridized carbons (Fsp3) is 0.185. The van der Waals surface area contributed by atoms with Crippen molar-refractivity contribution in [3.63, 3.8) is 0 Å². The molecule has 5 rings (SSSR count). The van der Waals surface area contributed by atoms with Crippen LogP contribution in [0.15, 0.2) is 65.6 Å². The number of thioether (sulfide) groups is 1. The zero-order valence-corrected chi connectivity index (χ0v) is 21.9. The fourth-order valence-electron chi connectivity index (χ4n) is 4.40. The van der Waals surface area contributed by atoms with Crippen LogP contribution in [0, 0.1) is 0 Å². The average Bonchev–Trinajstić information content (AvgIpc) is 3.27. The summed E-state index contributed by atoms with van der Waals surface area (Å²) < 4.78 is 1.96. The summed E-state index contributed by atoms with van der Waals surface area (Å²) in [6, 6.07) is 18.8. The molecule has 2 amide bonds. The molecule has 1 aliphatic rings. The maximum Gasteiger partial charge on any atom is 0.293 e. The van der Waals surface area contributed by atoms with E-state index in [4.69, 9.17) is 23.2 Å². The number of nitrogens with zero attached hydrogens (tertiary/aromatic N) is 3. The maximum absolute atomic E-state index is 13.0. The number of carbonyl (C=O) groups is 2. The number of imide groups is 1. The first-order valence-corrected chi connectivity index (χ1v) is 12.9. The van der Waals surface area contributed by atoms with Crippen molar-refractivity contribution in [3.05, 3.63) is 81.2 Å². The number of hydrogen-bond acceptors (Lipinski definition) is 5. The number of fused-ring (bicyclic) bond motifs is 3. The van der Waals surface area contributed by atoms with Crippen LogP contribution < -0.4 is 4.90 Å². The van der Waals surface area contributed by atoms with Gasteiger partial charge in [0, 0.05) is 51.6 Å². The first-order chi connectivity index (χ1) is 17.2. The number of rotatable bonds is 6. The van der Waals surface area contributed by atoms with E-state index in [1.807, 2.05) is 72.1 Å². The molecule has 0 bridgehead atoms. The molecule has 0 aliphatic carbocycles. The van der Waals surface area contributed by atoms with Gasteiger partial charge in [-0.15, -0.1) is 0 Å². The number of β-amino-alcohol motifs (C(OH)–C–C–N with tert-alkyl or cyclic N) is 1. The molecule has 1 N–H and O–H groups in total. The molecular formula is C27H23Cl2N3O3S. The molecule has 1 aliphatic heterocycles. The van der Waals surface area contributed by atoms with Crippen LogP contribution in [-0.2, 0) is 11.3 Å². The zero-order valence-electron chi connectivity index (χ0n) is 19.6. The van der Waals surface area contributed by atoms with Gasteiger partial charge in [-0.2, -0.15) is 0 Å². The summed E-state index contributed by atoms with van der Waals surface area (Å²) in [7, 11) is 3.91. The molecule has 2 heterocycles. The Labute approximate surface area is 222 Å². The van der Waals surface area contributed by atoms with Gasteiger partial charge < -0.3 is 14.6 Å². The van der Waals surface area contributed by atoms with E-state index in [-0.39, 0.29) is 13.1 Å². The summed E-state index contributed by atoms with van der Waals surface area (Å²) in [5.74, 6) is -0.401. The third-order valence-electron chi connectivity index (χ3n) is 6.16. The quantitative estimate of drug-likeness (QED) is 0.292. The molecule has 0 spiro atoms. The predicted octanol–water partition coefficient (Wildman–Crippen LogP) is 6.26. The Hall–Kier alpha value is -2.97. The van der Waals surface area contributed by atoms with Gasteiger partial charge in [-0.25, -0.2) is 0 Å². The molecule has 1 aromatic heterocycles. The molecule has 1 fully saturated rings. The van der Waals surface area contributed by atoms with E-state index >= 15 is 0 Å². The minimum atomic E-state index is -0.970. The Balaban J connectivity index is 1.37. The number of benzene rings is 3. The van der Waals surface area contributed by atoms with Crippen molar-refractivity contribution in [3.8, 4) is 0 Å². The van der Waals surface area contributed by atoms with Gasteiger partial charge in [-0.05, 0) is 71.9 Å². The third-order valence-corrected chi connectivity index (χ3v) is 7.53. The van der Waals surface area contributed by atoms with Crippen molar-refractivity contribution in [2.45, 2.75) is 12.6 Å². The number of amides is 2. The van der Waals surface area contributed by atoms with Gasteiger partial charge in [0.1, 0.15) is 0 Å². The normalized spacial score (nSPS) is 16.0. The SMILES string of the molecule is CN(C)c1ccc(C=C2SC(=O)N(CC(O)Cn3c4ccc(Cl)cc4c4cc(Cl)ccc43)C2=O)cc1. The number of aliphatic hydroxyl groups excluding tert-OH is 1. The van der Waals surface area contributed by atoms with Gasteiger partial charge in [0.2, 0.25) is 0 Å². The maximum atomic E-state index is 13.0. The molecule has 0 saturated carbocycles. The Kier molecular flexibility index (Phi) is 6.74. The van der Waals surface area contributed by atoms with Crippen molar-refractivity contribution in [1.29, 1.82) is 0 Å². The highest BCUT2D eigenvalue weighted by Crippen LogP contribution is 2.35. The van der Waals surface area contributed by atoms with E-state index in [9.17, 15) is 14.7 Å². The van der Waals surface area contributed by atoms with E-state index < -0.39 is 17.3 Å². The number of carbonyl (C=O) groups excluding carboxylic acids is 2. The molecule has 4 aromatic rings. The number of aliphatic hydroxyl groups is 1. The molecular weight excluding hydrogens is 517 g/mol. The second-order valence-corrected chi connectivity index (χ2v) is 10.7. The van der Waals surface area contributed by atoms with Crippen molar-refractivity contribution in [2.75, 3.05) is 25.5 Å². The van der Waals surface area contributed by atoms with Crippen LogP contribution in [0.2, 0.25) is 10.0 Å². The smallest absolute Gasteiger partial charge is 0.293 e. The molecule has 6 nitrogen and oxygen atoms in total. The topological polar surface area (TPSA) is 65.8 Å². The Morgan fingerprint density at radius 1 is 0.917 bits per heavy atom. The summed E-state index contributed by atoms with van der Waals surface area (Å²) in [6.07, 6.45) is 0.736. The molecule has 0 radical (unpaired) electrons. The fourth-order valence-corrected chi connectivity index (χ4v) is 5.59. The highest BCUT2D eigenvalue weighted by atomic mass is 35.5. The van der Waals surface area contributed by atoms with Crippen LogP contribution in [0.5, 0.6) is 0 Å². The van der Waals surface area contributed by atoms with E-state index in [2.05, 4.69) is 0 Å². The first kappa shape index (κ1) is 24.7. The summed E-state index contributed by atoms with van der Waals surface area (Å²) in [4.78, 5) is 29.1. The van der Waals surface area contributed by atoms with Gasteiger partial charge in [0.25, 0.3) is 11.1 Å². The van der Waals surface area contributed by atoms with Crippen molar-refractivity contribution < 1.29 is 14.7 Å². The van der Waals surface area contributed by atoms with Gasteiger partial charge in [0.05, 0.1) is 24.1 Å². The monoisotopic (exact) mass is 539 g/mol. The molecule has 3 aromatic carbocycles. The molecule has 1 atom stereocenters. The highest BCUT2D eigenvalue weighted by Gasteiger charge is 2.36. The average molecular weight is 540 g/mol. The highest BCUT2D eigenvalue weighted by molar-refractivity contribution is 8.18. The lowest BCUT2D eigenvalue weighted by Gasteiger charge is -2.19. The standard InChI is InChI=1S/C27H23Cl2N3O3S/c1-30(2)19-7-3-16(4-8-19)11-25-26(34)32(27(35)36-25)15-20(33)14-31-23-9-5-17(28)12-21(23)22-13-18(29)6-10-24(22)31/h3-13,20,33H,14-15H2,1-2H3. The van der Waals surface area contributed by atoms with Gasteiger partial charge >= 0.3 is 0 Å². The lowest BCUT2D eigenvalue weighted by molar-refractivity contribution is -0.123. The Morgan fingerprint density at radius 3 is 2.06 bits per heavy atom. The van der Waals surface area contributed by atoms with E-state index in [0.29, 0.717) is 15.0 Å². The van der Waals surface area contributed by atoms with Crippen molar-refractivity contribution >= 4 is 79.7 Å². The number of halogens is 2. The molecule has 1 unspecified atom stereocenters. The number of aromatic nitrogens is 1. The van der Waals surface area contributed by atoms with Crippen LogP contribution >= 0.6 is 35.0 Å². The number of anilines is 1. The van der Waals surface area contributed by atoms with Crippen LogP contribution in [0.1, 0.15) is 5.56 Å². The van der Waals surface area contributed by atoms with Crippen LogP contribution in [-0.4, -0.2) is 52.5 Å². The second kappa shape index (κ2) is 9.82. The molecule has 9 heteroatoms.